The van der Waals surface area contributed by atoms with Gasteiger partial charge >= 0.3 is 7.82 Å². The molecule has 1 saturated heterocycles. The molecule has 0 spiro atoms. The fourth-order valence-corrected chi connectivity index (χ4v) is 2.62. The average Bonchev–Trinajstić information content (AvgIpc) is 3.00. The lowest BCUT2D eigenvalue weighted by Gasteiger charge is -2.15. The molecule has 15 heteroatoms. The van der Waals surface area contributed by atoms with E-state index in [9.17, 15) is 14.8 Å². The molecule has 1 aliphatic heterocycles. The Hall–Kier alpha value is -1.93. The van der Waals surface area contributed by atoms with Crippen LogP contribution in [0.1, 0.15) is 6.23 Å². The maximum atomic E-state index is 10.7. The maximum absolute atomic E-state index is 10.7. The van der Waals surface area contributed by atoms with Gasteiger partial charge in [0.15, 0.2) is 23.2 Å². The second kappa shape index (κ2) is 5.86. The Bertz CT molecular complexity index is 809. The predicted octanol–water partition coefficient (Wildman–Crippen LogP) is -2.89. The van der Waals surface area contributed by atoms with Crippen LogP contribution in [0.3, 0.4) is 0 Å². The maximum Gasteiger partial charge on any atom is 0.469 e. The van der Waals surface area contributed by atoms with E-state index < -0.39 is 39.0 Å². The number of phosphoric ester groups is 1. The first-order valence-corrected chi connectivity index (χ1v) is 8.06. The summed E-state index contributed by atoms with van der Waals surface area (Å²) < 4.78 is 21.4. The van der Waals surface area contributed by atoms with Gasteiger partial charge in [-0.3, -0.25) is 4.52 Å². The number of phosphoric acid groups is 1. The van der Waals surface area contributed by atoms with Gasteiger partial charge in [-0.25, -0.2) is 4.57 Å². The highest BCUT2D eigenvalue weighted by molar-refractivity contribution is 7.46. The summed E-state index contributed by atoms with van der Waals surface area (Å²) in [5, 5.41) is 27.6. The number of aliphatic hydroxyl groups excluding tert-OH is 2. The van der Waals surface area contributed by atoms with Crippen molar-refractivity contribution in [2.75, 3.05) is 18.1 Å². The van der Waals surface area contributed by atoms with Crippen LogP contribution in [0.5, 0.6) is 0 Å². The molecule has 8 N–H and O–H groups in total. The first kappa shape index (κ1) is 16.9. The van der Waals surface area contributed by atoms with E-state index in [0.29, 0.717) is 0 Å². The lowest BCUT2D eigenvalue weighted by Crippen LogP contribution is -2.33. The first-order chi connectivity index (χ1) is 11.2. The molecule has 1 aliphatic rings. The topological polar surface area (TPSA) is 225 Å². The molecule has 24 heavy (non-hydrogen) atoms. The van der Waals surface area contributed by atoms with Gasteiger partial charge in [0.2, 0.25) is 5.95 Å². The minimum atomic E-state index is -4.76. The van der Waals surface area contributed by atoms with Crippen LogP contribution in [0, 0.1) is 0 Å². The van der Waals surface area contributed by atoms with Crippen molar-refractivity contribution in [1.82, 2.24) is 25.0 Å². The summed E-state index contributed by atoms with van der Waals surface area (Å²) in [4.78, 5) is 25.0. The minimum Gasteiger partial charge on any atom is -0.387 e. The molecule has 0 unspecified atom stereocenters. The molecule has 0 saturated carbocycles. The van der Waals surface area contributed by atoms with E-state index in [-0.39, 0.29) is 22.9 Å². The quantitative estimate of drug-likeness (QED) is 0.300. The van der Waals surface area contributed by atoms with Crippen LogP contribution in [-0.2, 0) is 13.8 Å². The number of anilines is 2. The lowest BCUT2D eigenvalue weighted by atomic mass is 10.1. The van der Waals surface area contributed by atoms with E-state index in [2.05, 4.69) is 24.8 Å². The smallest absolute Gasteiger partial charge is 0.387 e. The molecule has 14 nitrogen and oxygen atoms in total. The summed E-state index contributed by atoms with van der Waals surface area (Å²) in [5.41, 5.74) is 11.3. The van der Waals surface area contributed by atoms with Crippen LogP contribution in [0.4, 0.5) is 11.8 Å². The minimum absolute atomic E-state index is 0.0295. The number of aromatic nitrogens is 5. The van der Waals surface area contributed by atoms with Crippen molar-refractivity contribution < 1.29 is 33.8 Å². The zero-order valence-electron chi connectivity index (χ0n) is 11.9. The van der Waals surface area contributed by atoms with Crippen LogP contribution in [0.15, 0.2) is 0 Å². The third-order valence-electron chi connectivity index (χ3n) is 3.35. The molecule has 0 radical (unpaired) electrons. The van der Waals surface area contributed by atoms with E-state index in [1.807, 2.05) is 0 Å². The van der Waals surface area contributed by atoms with E-state index in [1.54, 1.807) is 0 Å². The van der Waals surface area contributed by atoms with Crippen LogP contribution >= 0.6 is 7.82 Å². The number of ether oxygens (including phenoxy) is 1. The first-order valence-electron chi connectivity index (χ1n) is 6.53. The second-order valence-electron chi connectivity index (χ2n) is 5.01. The standard InChI is InChI=1S/C9H14N7O7P/c10-6-3-7(13-9(11)12-6)16(15-14-3)8-5(18)4(17)2(23-8)1-22-24(19,20)21/h2,4-5,8,17-18H,1H2,(H2,19,20,21)(H4,10,11,12,13)/t2-,4-,5-,8-/m1/s1. The second-order valence-corrected chi connectivity index (χ2v) is 6.25. The number of aliphatic hydroxyl groups is 2. The fourth-order valence-electron chi connectivity index (χ4n) is 2.28. The lowest BCUT2D eigenvalue weighted by molar-refractivity contribution is -0.0567. The molecule has 0 bridgehead atoms. The Morgan fingerprint density at radius 2 is 1.96 bits per heavy atom. The summed E-state index contributed by atoms with van der Waals surface area (Å²) in [5.74, 6) is -0.184. The van der Waals surface area contributed by atoms with Crippen LogP contribution in [0.25, 0.3) is 11.2 Å². The molecule has 1 fully saturated rings. The molecule has 0 aromatic carbocycles. The van der Waals surface area contributed by atoms with Crippen molar-refractivity contribution in [3.63, 3.8) is 0 Å². The van der Waals surface area contributed by atoms with Crippen molar-refractivity contribution in [2.45, 2.75) is 24.5 Å². The highest BCUT2D eigenvalue weighted by Crippen LogP contribution is 2.38. The Balaban J connectivity index is 1.89. The molecular weight excluding hydrogens is 349 g/mol. The summed E-state index contributed by atoms with van der Waals surface area (Å²) in [7, 11) is -4.76. The van der Waals surface area contributed by atoms with E-state index in [1.165, 1.54) is 0 Å². The fraction of sp³-hybridized carbons (Fsp3) is 0.556. The summed E-state index contributed by atoms with van der Waals surface area (Å²) in [6.07, 6.45) is -5.44. The monoisotopic (exact) mass is 363 g/mol. The number of nitrogens with two attached hydrogens (primary N) is 2. The largest absolute Gasteiger partial charge is 0.469 e. The molecule has 2 aromatic heterocycles. The predicted molar refractivity (Wildman–Crippen MR) is 75.9 cm³/mol. The molecule has 0 aliphatic carbocycles. The van der Waals surface area contributed by atoms with Gasteiger partial charge in [0.05, 0.1) is 6.61 Å². The zero-order chi connectivity index (χ0) is 17.6. The number of nitrogen functional groups attached to an aromatic ring is 2. The Morgan fingerprint density at radius 3 is 2.62 bits per heavy atom. The SMILES string of the molecule is Nc1nc(N)c2nnn([C@@H]3O[C@H](COP(=O)(O)O)[C@@H](O)[C@H]3O)c2n1. The molecule has 3 rings (SSSR count). The molecular formula is C9H14N7O7P. The van der Waals surface area contributed by atoms with Gasteiger partial charge in [-0.05, 0) is 0 Å². The van der Waals surface area contributed by atoms with Gasteiger partial charge in [-0.1, -0.05) is 5.21 Å². The van der Waals surface area contributed by atoms with Crippen molar-refractivity contribution in [3.8, 4) is 0 Å². The molecule has 132 valence electrons. The van der Waals surface area contributed by atoms with Crippen LogP contribution < -0.4 is 11.5 Å². The average molecular weight is 363 g/mol. The van der Waals surface area contributed by atoms with Gasteiger partial charge in [-0.2, -0.15) is 14.6 Å². The molecule has 0 amide bonds. The normalized spacial score (nSPS) is 27.8. The number of fused-ring (bicyclic) bond motifs is 1. The van der Waals surface area contributed by atoms with E-state index in [4.69, 9.17) is 26.0 Å². The summed E-state index contributed by atoms with van der Waals surface area (Å²) in [6.45, 7) is -0.648. The highest BCUT2D eigenvalue weighted by atomic mass is 31.2. The van der Waals surface area contributed by atoms with Gasteiger partial charge in [0, 0.05) is 0 Å². The van der Waals surface area contributed by atoms with Gasteiger partial charge < -0.3 is 36.2 Å². The van der Waals surface area contributed by atoms with Gasteiger partial charge in [0.1, 0.15) is 18.3 Å². The third-order valence-corrected chi connectivity index (χ3v) is 3.84. The van der Waals surface area contributed by atoms with Crippen molar-refractivity contribution in [1.29, 1.82) is 0 Å². The molecule has 2 aromatic rings. The zero-order valence-corrected chi connectivity index (χ0v) is 12.8. The highest BCUT2D eigenvalue weighted by Gasteiger charge is 2.45. The van der Waals surface area contributed by atoms with Crippen molar-refractivity contribution in [2.24, 2.45) is 0 Å². The Labute approximate surface area is 133 Å². The third kappa shape index (κ3) is 3.03. The van der Waals surface area contributed by atoms with E-state index >= 15 is 0 Å². The number of hydrogen-bond donors (Lipinski definition) is 6. The number of nitrogens with zero attached hydrogens (tertiary/aromatic N) is 5. The molecule has 4 atom stereocenters. The Kier molecular flexibility index (Phi) is 4.13. The van der Waals surface area contributed by atoms with Gasteiger partial charge in [0.25, 0.3) is 0 Å². The van der Waals surface area contributed by atoms with Crippen molar-refractivity contribution in [3.05, 3.63) is 0 Å². The molecule has 3 heterocycles. The Morgan fingerprint density at radius 1 is 1.25 bits per heavy atom. The summed E-state index contributed by atoms with van der Waals surface area (Å²) >= 11 is 0. The number of hydrogen-bond acceptors (Lipinski definition) is 11. The van der Waals surface area contributed by atoms with Crippen molar-refractivity contribution >= 4 is 30.8 Å². The number of rotatable bonds is 4. The van der Waals surface area contributed by atoms with Crippen LogP contribution in [-0.4, -0.2) is 69.9 Å². The van der Waals surface area contributed by atoms with E-state index in [0.717, 1.165) is 4.68 Å². The van der Waals surface area contributed by atoms with Gasteiger partial charge in [-0.15, -0.1) is 5.10 Å². The summed E-state index contributed by atoms with van der Waals surface area (Å²) in [6, 6.07) is 0. The van der Waals surface area contributed by atoms with Crippen LogP contribution in [0.2, 0.25) is 0 Å².